The zero-order valence-corrected chi connectivity index (χ0v) is 21.9. The van der Waals surface area contributed by atoms with Gasteiger partial charge in [-0.05, 0) is 62.3 Å². The largest absolute Gasteiger partial charge is 0.491 e. The zero-order valence-electron chi connectivity index (χ0n) is 21.1. The maximum atomic E-state index is 13.6. The van der Waals surface area contributed by atoms with Gasteiger partial charge >= 0.3 is 6.09 Å². The van der Waals surface area contributed by atoms with Crippen LogP contribution in [0.1, 0.15) is 60.1 Å². The molecule has 0 radical (unpaired) electrons. The summed E-state index contributed by atoms with van der Waals surface area (Å²) in [5, 5.41) is 6.26. The van der Waals surface area contributed by atoms with Crippen LogP contribution in [0.25, 0.3) is 21.2 Å². The van der Waals surface area contributed by atoms with E-state index in [0.29, 0.717) is 30.0 Å². The van der Waals surface area contributed by atoms with E-state index in [4.69, 9.17) is 9.47 Å². The molecule has 0 aliphatic carbocycles. The lowest BCUT2D eigenvalue weighted by molar-refractivity contribution is 0.0521. The number of nitrogens with zero attached hydrogens (tertiary/aromatic N) is 1. The van der Waals surface area contributed by atoms with E-state index < -0.39 is 11.7 Å². The second kappa shape index (κ2) is 11.1. The van der Waals surface area contributed by atoms with E-state index in [2.05, 4.69) is 32.2 Å². The number of hydrogen-bond acceptors (Lipinski definition) is 5. The molecular weight excluding hydrogens is 448 g/mol. The highest BCUT2D eigenvalue weighted by Gasteiger charge is 2.22. The molecule has 0 unspecified atom stereocenters. The summed E-state index contributed by atoms with van der Waals surface area (Å²) in [6, 6.07) is 9.99. The maximum absolute atomic E-state index is 13.6. The van der Waals surface area contributed by atoms with Gasteiger partial charge in [0.15, 0.2) is 0 Å². The molecule has 6 nitrogen and oxygen atoms in total. The van der Waals surface area contributed by atoms with Crippen molar-refractivity contribution in [3.63, 3.8) is 0 Å². The number of alkyl carbamates (subject to hydrolysis) is 1. The summed E-state index contributed by atoms with van der Waals surface area (Å²) in [5.41, 5.74) is 1.01. The van der Waals surface area contributed by atoms with Crippen LogP contribution in [0.2, 0.25) is 0 Å². The summed E-state index contributed by atoms with van der Waals surface area (Å²) >= 11 is 1.65. The molecular formula is C27H36N2O4S. The van der Waals surface area contributed by atoms with E-state index in [9.17, 15) is 9.59 Å². The van der Waals surface area contributed by atoms with E-state index in [1.807, 2.05) is 50.4 Å². The normalized spacial score (nSPS) is 11.7. The van der Waals surface area contributed by atoms with Crippen LogP contribution in [0.5, 0.6) is 5.75 Å². The second-order valence-corrected chi connectivity index (χ2v) is 10.8. The quantitative estimate of drug-likeness (QED) is 0.348. The predicted octanol–water partition coefficient (Wildman–Crippen LogP) is 6.59. The molecule has 0 spiro atoms. The zero-order chi connectivity index (χ0) is 24.9. The van der Waals surface area contributed by atoms with Crippen molar-refractivity contribution < 1.29 is 14.3 Å². The molecule has 1 amide bonds. The van der Waals surface area contributed by atoms with Crippen LogP contribution in [0.15, 0.2) is 40.5 Å². The first-order valence-electron chi connectivity index (χ1n) is 11.9. The van der Waals surface area contributed by atoms with Gasteiger partial charge < -0.3 is 19.4 Å². The number of carbonyl (C=O) groups excluding carboxylic acids is 1. The number of fused-ring (bicyclic) bond motifs is 1. The van der Waals surface area contributed by atoms with Crippen molar-refractivity contribution in [2.24, 2.45) is 5.92 Å². The topological polar surface area (TPSA) is 69.6 Å². The van der Waals surface area contributed by atoms with Gasteiger partial charge in [0.2, 0.25) is 0 Å². The SMILES string of the molecule is CCCCOc1c(CNC(=O)OC(C)(C)C)n(CC(C)C)c(=O)c2ccc(-c3cccs3)cc12. The fraction of sp³-hybridized carbons (Fsp3) is 0.481. The summed E-state index contributed by atoms with van der Waals surface area (Å²) in [4.78, 5) is 27.2. The van der Waals surface area contributed by atoms with E-state index in [1.165, 1.54) is 0 Å². The van der Waals surface area contributed by atoms with Crippen LogP contribution < -0.4 is 15.6 Å². The Kier molecular flexibility index (Phi) is 8.42. The van der Waals surface area contributed by atoms with Crippen molar-refractivity contribution in [1.29, 1.82) is 0 Å². The summed E-state index contributed by atoms with van der Waals surface area (Å²) in [6.45, 7) is 12.9. The summed E-state index contributed by atoms with van der Waals surface area (Å²) in [7, 11) is 0. The average molecular weight is 485 g/mol. The minimum absolute atomic E-state index is 0.0785. The second-order valence-electron chi connectivity index (χ2n) is 9.88. The molecule has 0 aliphatic heterocycles. The number of hydrogen-bond donors (Lipinski definition) is 1. The van der Waals surface area contributed by atoms with Gasteiger partial charge in [-0.1, -0.05) is 39.3 Å². The Morgan fingerprint density at radius 2 is 1.94 bits per heavy atom. The number of aromatic nitrogens is 1. The van der Waals surface area contributed by atoms with Crippen molar-refractivity contribution >= 4 is 28.2 Å². The molecule has 184 valence electrons. The Morgan fingerprint density at radius 3 is 2.56 bits per heavy atom. The van der Waals surface area contributed by atoms with Gasteiger partial charge in [0.25, 0.3) is 5.56 Å². The Morgan fingerprint density at radius 1 is 1.18 bits per heavy atom. The van der Waals surface area contributed by atoms with Crippen LogP contribution in [0.3, 0.4) is 0 Å². The highest BCUT2D eigenvalue weighted by molar-refractivity contribution is 7.13. The number of pyridine rings is 1. The van der Waals surface area contributed by atoms with E-state index in [0.717, 1.165) is 28.7 Å². The first kappa shape index (κ1) is 25.8. The Bertz CT molecular complexity index is 1170. The number of carbonyl (C=O) groups is 1. The van der Waals surface area contributed by atoms with Crippen LogP contribution in [0.4, 0.5) is 4.79 Å². The Hall–Kier alpha value is -2.80. The van der Waals surface area contributed by atoms with Crippen molar-refractivity contribution in [2.45, 2.75) is 73.1 Å². The highest BCUT2D eigenvalue weighted by Crippen LogP contribution is 2.34. The maximum Gasteiger partial charge on any atom is 0.407 e. The van der Waals surface area contributed by atoms with Crippen molar-refractivity contribution in [3.8, 4) is 16.2 Å². The Balaban J connectivity index is 2.17. The third-order valence-corrected chi connectivity index (χ3v) is 6.14. The number of rotatable bonds is 9. The van der Waals surface area contributed by atoms with Gasteiger partial charge in [-0.2, -0.15) is 0 Å². The van der Waals surface area contributed by atoms with Crippen LogP contribution in [-0.2, 0) is 17.8 Å². The lowest BCUT2D eigenvalue weighted by Gasteiger charge is -2.23. The van der Waals surface area contributed by atoms with Crippen LogP contribution in [0, 0.1) is 5.92 Å². The summed E-state index contributed by atoms with van der Waals surface area (Å²) < 4.78 is 13.5. The fourth-order valence-electron chi connectivity index (χ4n) is 3.74. The number of nitrogens with one attached hydrogen (secondary N) is 1. The van der Waals surface area contributed by atoms with Gasteiger partial charge in [-0.25, -0.2) is 4.79 Å². The minimum atomic E-state index is -0.610. The molecule has 7 heteroatoms. The van der Waals surface area contributed by atoms with E-state index in [-0.39, 0.29) is 18.0 Å². The first-order valence-corrected chi connectivity index (χ1v) is 12.8. The molecule has 0 fully saturated rings. The molecule has 0 aliphatic rings. The van der Waals surface area contributed by atoms with Crippen LogP contribution in [-0.4, -0.2) is 22.9 Å². The number of benzene rings is 1. The smallest absolute Gasteiger partial charge is 0.407 e. The predicted molar refractivity (Wildman–Crippen MR) is 140 cm³/mol. The standard InChI is InChI=1S/C27H36N2O4S/c1-7-8-13-32-24-21-15-19(23-10-9-14-34-23)11-12-20(21)25(30)29(17-18(2)3)22(24)16-28-26(31)33-27(4,5)6/h9-12,14-15,18H,7-8,13,16-17H2,1-6H3,(H,28,31). The lowest BCUT2D eigenvalue weighted by atomic mass is 10.0. The molecule has 0 bridgehead atoms. The molecule has 3 aromatic rings. The van der Waals surface area contributed by atoms with Crippen molar-refractivity contribution in [2.75, 3.05) is 6.61 Å². The molecule has 3 rings (SSSR count). The minimum Gasteiger partial charge on any atom is -0.491 e. The molecule has 0 saturated carbocycles. The summed E-state index contributed by atoms with van der Waals surface area (Å²) in [6.07, 6.45) is 1.37. The van der Waals surface area contributed by atoms with Crippen LogP contribution >= 0.6 is 11.3 Å². The van der Waals surface area contributed by atoms with E-state index >= 15 is 0 Å². The van der Waals surface area contributed by atoms with Gasteiger partial charge in [0.05, 0.1) is 24.2 Å². The fourth-order valence-corrected chi connectivity index (χ4v) is 4.47. The van der Waals surface area contributed by atoms with Gasteiger partial charge in [-0.3, -0.25) is 4.79 Å². The van der Waals surface area contributed by atoms with Crippen molar-refractivity contribution in [1.82, 2.24) is 9.88 Å². The van der Waals surface area contributed by atoms with Crippen molar-refractivity contribution in [3.05, 3.63) is 51.8 Å². The van der Waals surface area contributed by atoms with E-state index in [1.54, 1.807) is 15.9 Å². The lowest BCUT2D eigenvalue weighted by Crippen LogP contribution is -2.35. The number of ether oxygens (including phenoxy) is 2. The molecule has 1 N–H and O–H groups in total. The molecule has 1 aromatic carbocycles. The summed E-state index contributed by atoms with van der Waals surface area (Å²) in [5.74, 6) is 0.891. The monoisotopic (exact) mass is 484 g/mol. The molecule has 2 aromatic heterocycles. The van der Waals surface area contributed by atoms with Gasteiger partial charge in [0, 0.05) is 16.8 Å². The molecule has 2 heterocycles. The third-order valence-electron chi connectivity index (χ3n) is 5.22. The molecule has 0 atom stereocenters. The Labute approximate surface area is 205 Å². The molecule has 0 saturated heterocycles. The molecule has 34 heavy (non-hydrogen) atoms. The number of thiophene rings is 1. The first-order chi connectivity index (χ1) is 16.1. The average Bonchev–Trinajstić information content (AvgIpc) is 3.29. The highest BCUT2D eigenvalue weighted by atomic mass is 32.1. The third kappa shape index (κ3) is 6.41. The number of unbranched alkanes of at least 4 members (excludes halogenated alkanes) is 1. The van der Waals surface area contributed by atoms with Gasteiger partial charge in [-0.15, -0.1) is 11.3 Å². The number of amides is 1. The van der Waals surface area contributed by atoms with Gasteiger partial charge in [0.1, 0.15) is 11.4 Å².